The fourth-order valence-corrected chi connectivity index (χ4v) is 3.78. The average molecular weight is 222 g/mol. The molecule has 4 N–H and O–H groups in total. The molecule has 2 saturated heterocycles. The summed E-state index contributed by atoms with van der Waals surface area (Å²) in [5.74, 6) is 0.972. The molecule has 0 radical (unpaired) electrons. The van der Waals surface area contributed by atoms with Gasteiger partial charge >= 0.3 is 0 Å². The summed E-state index contributed by atoms with van der Waals surface area (Å²) in [6, 6.07) is 0.377. The van der Waals surface area contributed by atoms with Crippen LogP contribution in [0.4, 0.5) is 0 Å². The van der Waals surface area contributed by atoms with Crippen LogP contribution in [0.15, 0.2) is 0 Å². The van der Waals surface area contributed by atoms with Crippen LogP contribution >= 0.6 is 10.6 Å². The molecule has 6 heteroatoms. The molecule has 0 aromatic carbocycles. The monoisotopic (exact) mass is 222 g/mol. The first-order valence-corrected chi connectivity index (χ1v) is 6.81. The fourth-order valence-electron chi connectivity index (χ4n) is 2.14. The molecule has 0 amide bonds. The fraction of sp³-hybridized carbons (Fsp3) is 1.00. The number of fused-ring (bicyclic) bond motifs is 1. The van der Waals surface area contributed by atoms with Crippen LogP contribution in [0, 0.1) is 0 Å². The summed E-state index contributed by atoms with van der Waals surface area (Å²) >= 11 is 0. The molecule has 84 valence electrons. The van der Waals surface area contributed by atoms with Gasteiger partial charge in [-0.15, -0.1) is 0 Å². The van der Waals surface area contributed by atoms with E-state index in [1.165, 1.54) is 0 Å². The quantitative estimate of drug-likeness (QED) is 0.476. The predicted molar refractivity (Wildman–Crippen MR) is 56.8 cm³/mol. The van der Waals surface area contributed by atoms with Crippen LogP contribution in [0.25, 0.3) is 0 Å². The Morgan fingerprint density at radius 2 is 2.21 bits per heavy atom. The second-order valence-electron chi connectivity index (χ2n) is 4.11. The summed E-state index contributed by atoms with van der Waals surface area (Å²) in [6.45, 7) is 2.46. The lowest BCUT2D eigenvalue weighted by molar-refractivity contribution is 0.109. The zero-order valence-corrected chi connectivity index (χ0v) is 8.91. The Labute approximate surface area is 85.5 Å². The second kappa shape index (κ2) is 3.96. The number of hydrogen-bond donors (Lipinski definition) is 4. The van der Waals surface area contributed by atoms with Gasteiger partial charge in [-0.2, -0.15) is 10.6 Å². The normalized spacial score (nSPS) is 40.2. The number of hydrogen-bond acceptors (Lipinski definition) is 5. The van der Waals surface area contributed by atoms with Gasteiger partial charge in [-0.1, -0.05) is 0 Å². The second-order valence-corrected chi connectivity index (χ2v) is 6.46. The van der Waals surface area contributed by atoms with Crippen molar-refractivity contribution in [1.29, 1.82) is 0 Å². The summed E-state index contributed by atoms with van der Waals surface area (Å²) < 4.78 is 19.1. The lowest BCUT2D eigenvalue weighted by Gasteiger charge is -2.49. The highest BCUT2D eigenvalue weighted by Gasteiger charge is 2.35. The van der Waals surface area contributed by atoms with Gasteiger partial charge in [0.15, 0.2) is 0 Å². The molecular weight excluding hydrogens is 204 g/mol. The number of piperazine rings is 1. The van der Waals surface area contributed by atoms with Crippen molar-refractivity contribution in [3.63, 3.8) is 0 Å². The highest BCUT2D eigenvalue weighted by Crippen LogP contribution is 2.43. The van der Waals surface area contributed by atoms with Crippen LogP contribution in [0.2, 0.25) is 0 Å². The Balaban J connectivity index is 1.94. The first-order chi connectivity index (χ1) is 6.61. The zero-order chi connectivity index (χ0) is 10.2. The third kappa shape index (κ3) is 2.21. The molecule has 0 bridgehead atoms. The van der Waals surface area contributed by atoms with E-state index in [4.69, 9.17) is 5.11 Å². The standard InChI is InChI=1S/C8H18N2O3S/c11-5-7-4-10-1-2-14(12,13)6-8(10)3-9-7/h7-9,11-13H,1-6H2/t7-,8-/m0/s1. The maximum atomic E-state index is 9.57. The van der Waals surface area contributed by atoms with Crippen molar-refractivity contribution in [2.24, 2.45) is 0 Å². The molecule has 0 aliphatic carbocycles. The van der Waals surface area contributed by atoms with Crippen molar-refractivity contribution in [3.05, 3.63) is 0 Å². The number of aliphatic hydroxyl groups is 1. The molecule has 0 saturated carbocycles. The molecule has 2 aliphatic heterocycles. The van der Waals surface area contributed by atoms with Crippen LogP contribution in [0.5, 0.6) is 0 Å². The van der Waals surface area contributed by atoms with E-state index in [9.17, 15) is 9.11 Å². The third-order valence-corrected chi connectivity index (χ3v) is 4.75. The molecule has 2 rings (SSSR count). The van der Waals surface area contributed by atoms with E-state index >= 15 is 0 Å². The highest BCUT2D eigenvalue weighted by atomic mass is 32.3. The smallest absolute Gasteiger partial charge is 0.0597 e. The van der Waals surface area contributed by atoms with Crippen molar-refractivity contribution in [1.82, 2.24) is 10.2 Å². The molecule has 0 spiro atoms. The Kier molecular flexibility index (Phi) is 3.01. The lowest BCUT2D eigenvalue weighted by atomic mass is 10.1. The predicted octanol–water partition coefficient (Wildman–Crippen LogP) is -0.615. The minimum absolute atomic E-state index is 0.145. The highest BCUT2D eigenvalue weighted by molar-refractivity contribution is 8.24. The first kappa shape index (κ1) is 10.7. The van der Waals surface area contributed by atoms with Gasteiger partial charge in [0, 0.05) is 31.7 Å². The minimum atomic E-state index is -2.32. The summed E-state index contributed by atoms with van der Waals surface area (Å²) in [6.07, 6.45) is 0. The first-order valence-electron chi connectivity index (χ1n) is 4.92. The average Bonchev–Trinajstić information content (AvgIpc) is 2.16. The number of nitrogens with one attached hydrogen (secondary N) is 1. The topological polar surface area (TPSA) is 76.0 Å². The Hall–Kier alpha value is 0.150. The van der Waals surface area contributed by atoms with Gasteiger partial charge in [0.2, 0.25) is 0 Å². The number of nitrogens with zero attached hydrogens (tertiary/aromatic N) is 1. The summed E-state index contributed by atoms with van der Waals surface area (Å²) in [5, 5.41) is 12.2. The Bertz CT molecular complexity index is 215. The van der Waals surface area contributed by atoms with Crippen molar-refractivity contribution in [2.45, 2.75) is 12.1 Å². The molecule has 2 heterocycles. The van der Waals surface area contributed by atoms with E-state index < -0.39 is 10.6 Å². The van der Waals surface area contributed by atoms with Gasteiger partial charge < -0.3 is 10.4 Å². The van der Waals surface area contributed by atoms with Crippen molar-refractivity contribution in [3.8, 4) is 0 Å². The van der Waals surface area contributed by atoms with Gasteiger partial charge in [-0.05, 0) is 0 Å². The van der Waals surface area contributed by atoms with Crippen LogP contribution < -0.4 is 5.32 Å². The van der Waals surface area contributed by atoms with Crippen molar-refractivity contribution >= 4 is 10.6 Å². The summed E-state index contributed by atoms with van der Waals surface area (Å²) in [4.78, 5) is 2.25. The molecule has 5 nitrogen and oxygen atoms in total. The van der Waals surface area contributed by atoms with Crippen LogP contribution in [0.3, 0.4) is 0 Å². The number of aliphatic hydroxyl groups excluding tert-OH is 1. The van der Waals surface area contributed by atoms with Crippen LogP contribution in [-0.2, 0) is 0 Å². The summed E-state index contributed by atoms with van der Waals surface area (Å²) in [7, 11) is -2.32. The molecule has 14 heavy (non-hydrogen) atoms. The maximum absolute atomic E-state index is 9.57. The molecule has 0 aromatic heterocycles. The van der Waals surface area contributed by atoms with E-state index in [-0.39, 0.29) is 18.7 Å². The molecule has 0 unspecified atom stereocenters. The molecule has 2 atom stereocenters. The molecular formula is C8H18N2O3S. The van der Waals surface area contributed by atoms with E-state index in [1.807, 2.05) is 0 Å². The van der Waals surface area contributed by atoms with E-state index in [2.05, 4.69) is 10.2 Å². The van der Waals surface area contributed by atoms with Gasteiger partial charge in [0.25, 0.3) is 0 Å². The van der Waals surface area contributed by atoms with Gasteiger partial charge in [-0.25, -0.2) is 0 Å². The van der Waals surface area contributed by atoms with Crippen molar-refractivity contribution < 1.29 is 14.2 Å². The third-order valence-electron chi connectivity index (χ3n) is 3.00. The van der Waals surface area contributed by atoms with Gasteiger partial charge in [0.05, 0.1) is 18.1 Å². The van der Waals surface area contributed by atoms with Gasteiger partial charge in [-0.3, -0.25) is 14.0 Å². The Morgan fingerprint density at radius 3 is 2.93 bits per heavy atom. The SMILES string of the molecule is OC[C@@H]1CN2CCS(O)(O)C[C@@H]2CN1. The maximum Gasteiger partial charge on any atom is 0.0597 e. The molecule has 2 aliphatic rings. The van der Waals surface area contributed by atoms with E-state index in [0.717, 1.165) is 19.6 Å². The van der Waals surface area contributed by atoms with Gasteiger partial charge in [0.1, 0.15) is 0 Å². The Morgan fingerprint density at radius 1 is 1.43 bits per heavy atom. The molecule has 2 fully saturated rings. The van der Waals surface area contributed by atoms with Crippen molar-refractivity contribution in [2.75, 3.05) is 37.7 Å². The summed E-state index contributed by atoms with van der Waals surface area (Å²) in [5.41, 5.74) is 0. The largest absolute Gasteiger partial charge is 0.395 e. The molecule has 0 aromatic rings. The number of rotatable bonds is 1. The zero-order valence-electron chi connectivity index (χ0n) is 8.09. The van der Waals surface area contributed by atoms with E-state index in [1.54, 1.807) is 0 Å². The van der Waals surface area contributed by atoms with E-state index in [0.29, 0.717) is 11.5 Å². The van der Waals surface area contributed by atoms with Crippen LogP contribution in [-0.4, -0.2) is 68.9 Å². The minimum Gasteiger partial charge on any atom is -0.395 e. The van der Waals surface area contributed by atoms with Crippen LogP contribution in [0.1, 0.15) is 0 Å². The lowest BCUT2D eigenvalue weighted by Crippen LogP contribution is -2.61.